The Morgan fingerprint density at radius 2 is 1.58 bits per heavy atom. The zero-order valence-corrected chi connectivity index (χ0v) is 12.9. The molecule has 0 spiro atoms. The van der Waals surface area contributed by atoms with E-state index in [1.807, 2.05) is 20.8 Å². The van der Waals surface area contributed by atoms with Gasteiger partial charge in [-0.3, -0.25) is 4.79 Å². The first-order chi connectivity index (χ1) is 8.55. The number of Topliss-reactive ketones (excluding diaryl/α,β-unsaturated/α-hetero) is 1. The molecule has 0 aliphatic rings. The summed E-state index contributed by atoms with van der Waals surface area (Å²) in [5.74, 6) is 0.135. The van der Waals surface area contributed by atoms with Gasteiger partial charge in [0.05, 0.1) is 4.90 Å². The molecule has 0 aliphatic carbocycles. The lowest BCUT2D eigenvalue weighted by atomic mass is 9.87. The zero-order valence-electron chi connectivity index (χ0n) is 12.1. The summed E-state index contributed by atoms with van der Waals surface area (Å²) in [7, 11) is -0.417. The Bertz CT molecular complexity index is 551. The molecule has 0 saturated carbocycles. The molecule has 0 bridgehead atoms. The van der Waals surface area contributed by atoms with Gasteiger partial charge in [0.2, 0.25) is 10.0 Å². The number of nitrogens with zero attached hydrogens (tertiary/aromatic N) is 1. The summed E-state index contributed by atoms with van der Waals surface area (Å²) in [6.45, 7) is 5.63. The average molecular weight is 283 g/mol. The van der Waals surface area contributed by atoms with Gasteiger partial charge in [0.1, 0.15) is 5.78 Å². The Morgan fingerprint density at radius 1 is 1.11 bits per heavy atom. The van der Waals surface area contributed by atoms with Crippen molar-refractivity contribution in [2.75, 3.05) is 14.1 Å². The van der Waals surface area contributed by atoms with Crippen molar-refractivity contribution in [1.29, 1.82) is 0 Å². The molecular weight excluding hydrogens is 262 g/mol. The second-order valence-electron chi connectivity index (χ2n) is 5.78. The molecule has 19 heavy (non-hydrogen) atoms. The second kappa shape index (κ2) is 5.43. The predicted octanol–water partition coefficient (Wildman–Crippen LogP) is 2.09. The number of hydrogen-bond donors (Lipinski definition) is 0. The number of hydrogen-bond acceptors (Lipinski definition) is 3. The van der Waals surface area contributed by atoms with E-state index in [2.05, 4.69) is 0 Å². The minimum absolute atomic E-state index is 0.135. The van der Waals surface area contributed by atoms with E-state index in [0.717, 1.165) is 5.56 Å². The SMILES string of the molecule is CN(C)S(=O)(=O)c1ccc(CC(=O)C(C)(C)C)cc1. The summed E-state index contributed by atoms with van der Waals surface area (Å²) in [6.07, 6.45) is 0.325. The molecule has 0 aromatic heterocycles. The van der Waals surface area contributed by atoms with Crippen LogP contribution in [-0.4, -0.2) is 32.6 Å². The van der Waals surface area contributed by atoms with Crippen molar-refractivity contribution in [2.45, 2.75) is 32.1 Å². The molecule has 0 radical (unpaired) electrons. The van der Waals surface area contributed by atoms with Gasteiger partial charge in [0.25, 0.3) is 0 Å². The third-order valence-corrected chi connectivity index (χ3v) is 4.73. The molecule has 1 aromatic rings. The Balaban J connectivity index is 2.93. The van der Waals surface area contributed by atoms with Crippen LogP contribution in [-0.2, 0) is 21.2 Å². The van der Waals surface area contributed by atoms with E-state index in [4.69, 9.17) is 0 Å². The quantitative estimate of drug-likeness (QED) is 0.850. The second-order valence-corrected chi connectivity index (χ2v) is 7.93. The number of ketones is 1. The van der Waals surface area contributed by atoms with Crippen LogP contribution in [0.4, 0.5) is 0 Å². The van der Waals surface area contributed by atoms with Gasteiger partial charge in [-0.25, -0.2) is 12.7 Å². The Kier molecular flexibility index (Phi) is 4.53. The third-order valence-electron chi connectivity index (χ3n) is 2.90. The van der Waals surface area contributed by atoms with Crippen LogP contribution in [0.3, 0.4) is 0 Å². The fourth-order valence-corrected chi connectivity index (χ4v) is 2.34. The van der Waals surface area contributed by atoms with Gasteiger partial charge in [0.15, 0.2) is 0 Å². The van der Waals surface area contributed by atoms with E-state index in [1.165, 1.54) is 18.4 Å². The number of rotatable bonds is 4. The van der Waals surface area contributed by atoms with Crippen LogP contribution < -0.4 is 0 Å². The molecule has 1 aromatic carbocycles. The molecule has 1 rings (SSSR count). The normalized spacial score (nSPS) is 12.7. The zero-order chi connectivity index (χ0) is 14.8. The van der Waals surface area contributed by atoms with Gasteiger partial charge >= 0.3 is 0 Å². The predicted molar refractivity (Wildman–Crippen MR) is 75.5 cm³/mol. The van der Waals surface area contributed by atoms with Crippen LogP contribution in [0.25, 0.3) is 0 Å². The topological polar surface area (TPSA) is 54.5 Å². The highest BCUT2D eigenvalue weighted by molar-refractivity contribution is 7.89. The number of benzene rings is 1. The molecule has 0 saturated heterocycles. The highest BCUT2D eigenvalue weighted by Gasteiger charge is 2.22. The molecule has 0 fully saturated rings. The van der Waals surface area contributed by atoms with Crippen LogP contribution in [0.1, 0.15) is 26.3 Å². The van der Waals surface area contributed by atoms with Gasteiger partial charge in [-0.15, -0.1) is 0 Å². The van der Waals surface area contributed by atoms with E-state index >= 15 is 0 Å². The molecule has 0 amide bonds. The Morgan fingerprint density at radius 3 is 1.95 bits per heavy atom. The molecule has 4 nitrogen and oxygen atoms in total. The van der Waals surface area contributed by atoms with Crippen molar-refractivity contribution in [3.05, 3.63) is 29.8 Å². The van der Waals surface area contributed by atoms with Crippen molar-refractivity contribution in [3.8, 4) is 0 Å². The van der Waals surface area contributed by atoms with E-state index < -0.39 is 10.0 Å². The lowest BCUT2D eigenvalue weighted by molar-refractivity contribution is -0.125. The van der Waals surface area contributed by atoms with Crippen molar-refractivity contribution in [3.63, 3.8) is 0 Å². The molecule has 0 N–H and O–H groups in total. The van der Waals surface area contributed by atoms with Gasteiger partial charge in [-0.05, 0) is 17.7 Å². The van der Waals surface area contributed by atoms with E-state index in [-0.39, 0.29) is 16.1 Å². The van der Waals surface area contributed by atoms with Crippen molar-refractivity contribution in [1.82, 2.24) is 4.31 Å². The highest BCUT2D eigenvalue weighted by atomic mass is 32.2. The summed E-state index contributed by atoms with van der Waals surface area (Å²) < 4.78 is 24.9. The van der Waals surface area contributed by atoms with Gasteiger partial charge < -0.3 is 0 Å². The fraction of sp³-hybridized carbons (Fsp3) is 0.500. The third kappa shape index (κ3) is 3.88. The van der Waals surface area contributed by atoms with Crippen LogP contribution in [0.5, 0.6) is 0 Å². The summed E-state index contributed by atoms with van der Waals surface area (Å²) in [5.41, 5.74) is 0.451. The maximum Gasteiger partial charge on any atom is 0.242 e. The smallest absolute Gasteiger partial charge is 0.242 e. The maximum absolute atomic E-state index is 11.9. The molecule has 0 atom stereocenters. The Labute approximate surface area is 115 Å². The Hall–Kier alpha value is -1.20. The lowest BCUT2D eigenvalue weighted by Crippen LogP contribution is -2.23. The molecule has 0 unspecified atom stereocenters. The summed E-state index contributed by atoms with van der Waals surface area (Å²) in [6, 6.07) is 6.47. The number of carbonyl (C=O) groups is 1. The molecule has 0 aliphatic heterocycles. The van der Waals surface area contributed by atoms with E-state index in [9.17, 15) is 13.2 Å². The molecule has 5 heteroatoms. The van der Waals surface area contributed by atoms with Crippen LogP contribution in [0.2, 0.25) is 0 Å². The van der Waals surface area contributed by atoms with Crippen molar-refractivity contribution >= 4 is 15.8 Å². The first-order valence-corrected chi connectivity index (χ1v) is 7.54. The first kappa shape index (κ1) is 15.9. The largest absolute Gasteiger partial charge is 0.299 e. The fourth-order valence-electron chi connectivity index (χ4n) is 1.44. The summed E-state index contributed by atoms with van der Waals surface area (Å²) in [5, 5.41) is 0. The number of carbonyl (C=O) groups excluding carboxylic acids is 1. The summed E-state index contributed by atoms with van der Waals surface area (Å²) in [4.78, 5) is 12.1. The van der Waals surface area contributed by atoms with E-state index in [1.54, 1.807) is 24.3 Å². The van der Waals surface area contributed by atoms with Crippen LogP contribution in [0, 0.1) is 5.41 Å². The minimum Gasteiger partial charge on any atom is -0.299 e. The monoisotopic (exact) mass is 283 g/mol. The molecule has 106 valence electrons. The van der Waals surface area contributed by atoms with E-state index in [0.29, 0.717) is 6.42 Å². The van der Waals surface area contributed by atoms with Crippen molar-refractivity contribution < 1.29 is 13.2 Å². The lowest BCUT2D eigenvalue weighted by Gasteiger charge is -2.16. The first-order valence-electron chi connectivity index (χ1n) is 6.10. The van der Waals surface area contributed by atoms with Gasteiger partial charge in [-0.1, -0.05) is 32.9 Å². The number of sulfonamides is 1. The molecular formula is C14H21NO3S. The van der Waals surface area contributed by atoms with Crippen LogP contribution in [0.15, 0.2) is 29.2 Å². The van der Waals surface area contributed by atoms with Crippen molar-refractivity contribution in [2.24, 2.45) is 5.41 Å². The van der Waals surface area contributed by atoms with Gasteiger partial charge in [-0.2, -0.15) is 0 Å². The summed E-state index contributed by atoms with van der Waals surface area (Å²) >= 11 is 0. The highest BCUT2D eigenvalue weighted by Crippen LogP contribution is 2.19. The molecule has 0 heterocycles. The van der Waals surface area contributed by atoms with Gasteiger partial charge in [0, 0.05) is 25.9 Å². The maximum atomic E-state index is 11.9. The average Bonchev–Trinajstić information content (AvgIpc) is 2.28. The minimum atomic E-state index is -3.40. The standard InChI is InChI=1S/C14H21NO3S/c1-14(2,3)13(16)10-11-6-8-12(9-7-11)19(17,18)15(4)5/h6-9H,10H2,1-5H3. The van der Waals surface area contributed by atoms with Crippen LogP contribution >= 0.6 is 0 Å².